The van der Waals surface area contributed by atoms with Crippen LogP contribution in [-0.4, -0.2) is 43.2 Å². The van der Waals surface area contributed by atoms with Gasteiger partial charge in [-0.1, -0.05) is 6.07 Å². The number of phenolic OH excluding ortho intramolecular Hbond substituents is 1. The first-order chi connectivity index (χ1) is 12.8. The Morgan fingerprint density at radius 3 is 2.48 bits per heavy atom. The topological polar surface area (TPSA) is 108 Å². The van der Waals surface area contributed by atoms with Crippen molar-refractivity contribution in [2.24, 2.45) is 0 Å². The van der Waals surface area contributed by atoms with Gasteiger partial charge in [-0.2, -0.15) is 0 Å². The Morgan fingerprint density at radius 1 is 1.22 bits per heavy atom. The summed E-state index contributed by atoms with van der Waals surface area (Å²) >= 11 is 0. The molecule has 0 saturated carbocycles. The monoisotopic (exact) mass is 373 g/mol. The molecule has 0 unspecified atom stereocenters. The highest BCUT2D eigenvalue weighted by Gasteiger charge is 2.23. The number of anilines is 3. The first-order valence-corrected chi connectivity index (χ1v) is 8.47. The SMILES string of the molecule is C/C=C(/CNc1c(Nc2cccc(C(=O)N(C)C)c2O)c(=O)c1=O)OCC. The van der Waals surface area contributed by atoms with Gasteiger partial charge in [0, 0.05) is 14.1 Å². The number of hydrogen-bond donors (Lipinski definition) is 3. The lowest BCUT2D eigenvalue weighted by molar-refractivity contribution is 0.0824. The third-order valence-electron chi connectivity index (χ3n) is 3.93. The Morgan fingerprint density at radius 2 is 1.89 bits per heavy atom. The molecule has 0 aliphatic heterocycles. The van der Waals surface area contributed by atoms with Gasteiger partial charge in [-0.25, -0.2) is 0 Å². The minimum absolute atomic E-state index is 0.0386. The van der Waals surface area contributed by atoms with E-state index in [1.54, 1.807) is 33.2 Å². The van der Waals surface area contributed by atoms with Crippen LogP contribution in [0.15, 0.2) is 39.6 Å². The van der Waals surface area contributed by atoms with E-state index in [0.29, 0.717) is 12.4 Å². The van der Waals surface area contributed by atoms with Crippen LogP contribution >= 0.6 is 0 Å². The summed E-state index contributed by atoms with van der Waals surface area (Å²) in [6.07, 6.45) is 1.76. The van der Waals surface area contributed by atoms with E-state index in [-0.39, 0.29) is 40.8 Å². The maximum atomic E-state index is 12.1. The van der Waals surface area contributed by atoms with Crippen molar-refractivity contribution >= 4 is 23.0 Å². The zero-order valence-corrected chi connectivity index (χ0v) is 15.8. The molecule has 0 saturated heterocycles. The lowest BCUT2D eigenvalue weighted by Crippen LogP contribution is -2.37. The largest absolute Gasteiger partial charge is 0.505 e. The van der Waals surface area contributed by atoms with E-state index in [0.717, 1.165) is 0 Å². The van der Waals surface area contributed by atoms with Crippen molar-refractivity contribution in [1.29, 1.82) is 0 Å². The van der Waals surface area contributed by atoms with Gasteiger partial charge in [-0.3, -0.25) is 14.4 Å². The molecule has 144 valence electrons. The second kappa shape index (κ2) is 8.39. The molecular weight excluding hydrogens is 350 g/mol. The van der Waals surface area contributed by atoms with Crippen LogP contribution < -0.4 is 21.5 Å². The van der Waals surface area contributed by atoms with E-state index in [2.05, 4.69) is 10.6 Å². The summed E-state index contributed by atoms with van der Waals surface area (Å²) in [5, 5.41) is 16.0. The first-order valence-electron chi connectivity index (χ1n) is 8.47. The van der Waals surface area contributed by atoms with E-state index >= 15 is 0 Å². The van der Waals surface area contributed by atoms with E-state index in [4.69, 9.17) is 4.74 Å². The van der Waals surface area contributed by atoms with Gasteiger partial charge in [0.15, 0.2) is 5.75 Å². The third-order valence-corrected chi connectivity index (χ3v) is 3.93. The van der Waals surface area contributed by atoms with Crippen LogP contribution in [0.4, 0.5) is 17.1 Å². The molecule has 2 aromatic rings. The highest BCUT2D eigenvalue weighted by atomic mass is 16.5. The fourth-order valence-corrected chi connectivity index (χ4v) is 2.47. The molecule has 0 bridgehead atoms. The second-order valence-electron chi connectivity index (χ2n) is 5.98. The predicted octanol–water partition coefficient (Wildman–Crippen LogP) is 1.79. The lowest BCUT2D eigenvalue weighted by Gasteiger charge is -2.18. The van der Waals surface area contributed by atoms with Gasteiger partial charge < -0.3 is 25.4 Å². The number of aromatic hydroxyl groups is 1. The van der Waals surface area contributed by atoms with Crippen LogP contribution in [0.1, 0.15) is 24.2 Å². The van der Waals surface area contributed by atoms with Crippen molar-refractivity contribution in [2.75, 3.05) is 37.9 Å². The number of nitrogens with zero attached hydrogens (tertiary/aromatic N) is 1. The Labute approximate surface area is 156 Å². The number of phenols is 1. The summed E-state index contributed by atoms with van der Waals surface area (Å²) in [6, 6.07) is 4.56. The zero-order valence-electron chi connectivity index (χ0n) is 15.8. The normalized spacial score (nSPS) is 11.3. The van der Waals surface area contributed by atoms with E-state index in [1.807, 2.05) is 6.92 Å². The number of carbonyl (C=O) groups excluding carboxylic acids is 1. The maximum Gasteiger partial charge on any atom is 0.257 e. The van der Waals surface area contributed by atoms with E-state index in [9.17, 15) is 19.5 Å². The summed E-state index contributed by atoms with van der Waals surface area (Å²) in [4.78, 5) is 37.3. The average Bonchev–Trinajstić information content (AvgIpc) is 2.66. The summed E-state index contributed by atoms with van der Waals surface area (Å²) in [6.45, 7) is 4.38. The number of rotatable bonds is 8. The van der Waals surface area contributed by atoms with Crippen LogP contribution in [-0.2, 0) is 4.74 Å². The first kappa shape index (κ1) is 20.0. The van der Waals surface area contributed by atoms with Crippen molar-refractivity contribution in [3.8, 4) is 5.75 Å². The fraction of sp³-hybridized carbons (Fsp3) is 0.316. The van der Waals surface area contributed by atoms with E-state index in [1.165, 1.54) is 17.0 Å². The number of hydrogen-bond acceptors (Lipinski definition) is 7. The van der Waals surface area contributed by atoms with Gasteiger partial charge in [-0.15, -0.1) is 0 Å². The molecule has 8 nitrogen and oxygen atoms in total. The minimum Gasteiger partial charge on any atom is -0.505 e. The molecule has 0 fully saturated rings. The highest BCUT2D eigenvalue weighted by Crippen LogP contribution is 2.31. The van der Waals surface area contributed by atoms with Gasteiger partial charge in [0.25, 0.3) is 16.8 Å². The average molecular weight is 373 g/mol. The second-order valence-corrected chi connectivity index (χ2v) is 5.98. The standard InChI is InChI=1S/C19H23N3O5/c1-5-11(27-6-2)10-20-14-15(18(25)17(14)24)21-13-9-7-8-12(16(13)23)19(26)22(3)4/h5,7-9,20-21,23H,6,10H2,1-4H3/b11-5-. The number of ether oxygens (including phenoxy) is 1. The van der Waals surface area contributed by atoms with Crippen molar-refractivity contribution in [3.05, 3.63) is 56.0 Å². The van der Waals surface area contributed by atoms with Crippen LogP contribution in [0, 0.1) is 0 Å². The molecule has 0 aliphatic rings. The van der Waals surface area contributed by atoms with Crippen molar-refractivity contribution < 1.29 is 14.6 Å². The van der Waals surface area contributed by atoms with Crippen molar-refractivity contribution in [2.45, 2.75) is 13.8 Å². The van der Waals surface area contributed by atoms with Crippen molar-refractivity contribution in [1.82, 2.24) is 4.90 Å². The molecule has 0 heterocycles. The quantitative estimate of drug-likeness (QED) is 0.368. The molecule has 0 aromatic heterocycles. The number of nitrogens with one attached hydrogen (secondary N) is 2. The molecule has 2 rings (SSSR count). The number of carbonyl (C=O) groups is 1. The summed E-state index contributed by atoms with van der Waals surface area (Å²) in [5.41, 5.74) is -0.941. The summed E-state index contributed by atoms with van der Waals surface area (Å²) < 4.78 is 5.39. The third kappa shape index (κ3) is 4.11. The van der Waals surface area contributed by atoms with Gasteiger partial charge in [0.1, 0.15) is 17.1 Å². The van der Waals surface area contributed by atoms with E-state index < -0.39 is 10.9 Å². The van der Waals surface area contributed by atoms with Gasteiger partial charge in [0.2, 0.25) is 0 Å². The number of benzene rings is 1. The Kier molecular flexibility index (Phi) is 6.23. The summed E-state index contributed by atoms with van der Waals surface area (Å²) in [7, 11) is 3.13. The molecule has 0 radical (unpaired) electrons. The smallest absolute Gasteiger partial charge is 0.257 e. The van der Waals surface area contributed by atoms with Gasteiger partial charge >= 0.3 is 0 Å². The predicted molar refractivity (Wildman–Crippen MR) is 105 cm³/mol. The lowest BCUT2D eigenvalue weighted by atomic mass is 10.1. The molecular formula is C19H23N3O5. The maximum absolute atomic E-state index is 12.1. The molecule has 0 atom stereocenters. The van der Waals surface area contributed by atoms with Gasteiger partial charge in [-0.05, 0) is 32.1 Å². The van der Waals surface area contributed by atoms with Crippen LogP contribution in [0.3, 0.4) is 0 Å². The number of amides is 1. The highest BCUT2D eigenvalue weighted by molar-refractivity contribution is 5.99. The minimum atomic E-state index is -0.695. The fourth-order valence-electron chi connectivity index (χ4n) is 2.47. The van der Waals surface area contributed by atoms with Crippen LogP contribution in [0.5, 0.6) is 5.75 Å². The molecule has 0 spiro atoms. The van der Waals surface area contributed by atoms with Crippen LogP contribution in [0.25, 0.3) is 0 Å². The molecule has 8 heteroatoms. The van der Waals surface area contributed by atoms with Gasteiger partial charge in [0.05, 0.1) is 24.4 Å². The van der Waals surface area contributed by atoms with Crippen molar-refractivity contribution in [3.63, 3.8) is 0 Å². The molecule has 27 heavy (non-hydrogen) atoms. The Balaban J connectivity index is 2.26. The Hall–Kier alpha value is -3.29. The van der Waals surface area contributed by atoms with Crippen LogP contribution in [0.2, 0.25) is 0 Å². The number of allylic oxidation sites excluding steroid dienone is 1. The zero-order chi connectivity index (χ0) is 20.1. The number of para-hydroxylation sites is 1. The summed E-state index contributed by atoms with van der Waals surface area (Å²) in [5.74, 6) is -0.0366. The molecule has 2 aromatic carbocycles. The molecule has 0 aliphatic carbocycles. The Bertz CT molecular complexity index is 939. The molecule has 1 amide bonds. The molecule has 3 N–H and O–H groups in total.